The molecule has 0 aliphatic carbocycles. The van der Waals surface area contributed by atoms with Crippen molar-refractivity contribution in [2.75, 3.05) is 32.7 Å². The SMILES string of the molecule is CCNC(=NCCc1cccs1)N1CCCC2(CNC(=O)C2)C1. The Morgan fingerprint density at radius 1 is 1.57 bits per heavy atom. The number of aliphatic imine (C=N–C) groups is 1. The Balaban J connectivity index is 1.63. The zero-order valence-electron chi connectivity index (χ0n) is 13.8. The molecular weight excluding hydrogens is 308 g/mol. The first-order valence-corrected chi connectivity index (χ1v) is 9.41. The van der Waals surface area contributed by atoms with E-state index in [0.717, 1.165) is 57.9 Å². The number of carbonyl (C=O) groups excluding carboxylic acids is 1. The molecule has 0 radical (unpaired) electrons. The molecule has 1 spiro atoms. The van der Waals surface area contributed by atoms with Crippen molar-refractivity contribution in [3.63, 3.8) is 0 Å². The summed E-state index contributed by atoms with van der Waals surface area (Å²) in [7, 11) is 0. The lowest BCUT2D eigenvalue weighted by Gasteiger charge is -2.40. The van der Waals surface area contributed by atoms with E-state index in [9.17, 15) is 4.79 Å². The molecule has 2 aliphatic heterocycles. The van der Waals surface area contributed by atoms with E-state index in [0.29, 0.717) is 6.42 Å². The molecule has 1 aromatic rings. The van der Waals surface area contributed by atoms with Crippen LogP contribution in [0.1, 0.15) is 31.1 Å². The molecule has 1 unspecified atom stereocenters. The van der Waals surface area contributed by atoms with Crippen molar-refractivity contribution in [2.45, 2.75) is 32.6 Å². The fourth-order valence-electron chi connectivity index (χ4n) is 3.58. The van der Waals surface area contributed by atoms with E-state index in [1.54, 1.807) is 11.3 Å². The second-order valence-corrected chi connectivity index (χ2v) is 7.58. The number of carbonyl (C=O) groups is 1. The number of guanidine groups is 1. The average molecular weight is 334 g/mol. The average Bonchev–Trinajstić information content (AvgIpc) is 3.17. The summed E-state index contributed by atoms with van der Waals surface area (Å²) in [5.41, 5.74) is 0.110. The summed E-state index contributed by atoms with van der Waals surface area (Å²) in [6, 6.07) is 4.26. The van der Waals surface area contributed by atoms with Gasteiger partial charge < -0.3 is 15.5 Å². The molecule has 0 aromatic carbocycles. The minimum atomic E-state index is 0.110. The van der Waals surface area contributed by atoms with Crippen LogP contribution >= 0.6 is 11.3 Å². The number of thiophene rings is 1. The molecule has 2 N–H and O–H groups in total. The second-order valence-electron chi connectivity index (χ2n) is 6.54. The van der Waals surface area contributed by atoms with Crippen molar-refractivity contribution in [1.29, 1.82) is 0 Å². The van der Waals surface area contributed by atoms with Gasteiger partial charge in [-0.1, -0.05) is 6.07 Å². The van der Waals surface area contributed by atoms with Crippen LogP contribution in [-0.4, -0.2) is 49.5 Å². The highest BCUT2D eigenvalue weighted by molar-refractivity contribution is 7.09. The third-order valence-corrected chi connectivity index (χ3v) is 5.63. The summed E-state index contributed by atoms with van der Waals surface area (Å²) in [6.07, 6.45) is 3.92. The molecule has 3 rings (SSSR count). The Morgan fingerprint density at radius 3 is 3.17 bits per heavy atom. The summed E-state index contributed by atoms with van der Waals surface area (Å²) in [4.78, 5) is 20.2. The molecule has 1 amide bonds. The van der Waals surface area contributed by atoms with Crippen molar-refractivity contribution < 1.29 is 4.79 Å². The zero-order chi connectivity index (χ0) is 16.1. The molecule has 0 bridgehead atoms. The molecule has 2 aliphatic rings. The van der Waals surface area contributed by atoms with Gasteiger partial charge in [0.2, 0.25) is 5.91 Å². The van der Waals surface area contributed by atoms with Crippen molar-refractivity contribution in [3.8, 4) is 0 Å². The first-order valence-electron chi connectivity index (χ1n) is 8.53. The second kappa shape index (κ2) is 7.34. The zero-order valence-corrected chi connectivity index (χ0v) is 14.6. The van der Waals surface area contributed by atoms with Gasteiger partial charge in [-0.15, -0.1) is 11.3 Å². The number of likely N-dealkylation sites (tertiary alicyclic amines) is 1. The number of hydrogen-bond acceptors (Lipinski definition) is 3. The fourth-order valence-corrected chi connectivity index (χ4v) is 4.28. The highest BCUT2D eigenvalue weighted by atomic mass is 32.1. The van der Waals surface area contributed by atoms with Gasteiger partial charge in [0.05, 0.1) is 0 Å². The molecule has 2 saturated heterocycles. The summed E-state index contributed by atoms with van der Waals surface area (Å²) >= 11 is 1.79. The van der Waals surface area contributed by atoms with Gasteiger partial charge in [-0.05, 0) is 31.2 Å². The number of amides is 1. The van der Waals surface area contributed by atoms with E-state index in [2.05, 4.69) is 40.0 Å². The van der Waals surface area contributed by atoms with Gasteiger partial charge in [0, 0.05) is 55.9 Å². The van der Waals surface area contributed by atoms with E-state index in [-0.39, 0.29) is 11.3 Å². The standard InChI is InChI=1S/C17H26N4OS/c1-2-18-16(19-8-6-14-5-3-10-23-14)21-9-4-7-17(13-21)11-15(22)20-12-17/h3,5,10H,2,4,6-9,11-13H2,1H3,(H,18,19)(H,20,22). The van der Waals surface area contributed by atoms with E-state index in [1.165, 1.54) is 4.88 Å². The van der Waals surface area contributed by atoms with Crippen LogP contribution < -0.4 is 10.6 Å². The highest BCUT2D eigenvalue weighted by Gasteiger charge is 2.42. The maximum absolute atomic E-state index is 11.6. The number of nitrogens with zero attached hydrogens (tertiary/aromatic N) is 2. The van der Waals surface area contributed by atoms with Crippen molar-refractivity contribution >= 4 is 23.2 Å². The lowest BCUT2D eigenvalue weighted by molar-refractivity contribution is -0.119. The van der Waals surface area contributed by atoms with Gasteiger partial charge >= 0.3 is 0 Å². The monoisotopic (exact) mass is 334 g/mol. The maximum atomic E-state index is 11.6. The van der Waals surface area contributed by atoms with E-state index >= 15 is 0 Å². The fraction of sp³-hybridized carbons (Fsp3) is 0.647. The number of hydrogen-bond donors (Lipinski definition) is 2. The first kappa shape index (κ1) is 16.3. The molecule has 3 heterocycles. The van der Waals surface area contributed by atoms with Crippen molar-refractivity contribution in [3.05, 3.63) is 22.4 Å². The van der Waals surface area contributed by atoms with Crippen LogP contribution in [0.15, 0.2) is 22.5 Å². The van der Waals surface area contributed by atoms with Crippen LogP contribution in [0, 0.1) is 5.41 Å². The topological polar surface area (TPSA) is 56.7 Å². The maximum Gasteiger partial charge on any atom is 0.220 e. The quantitative estimate of drug-likeness (QED) is 0.653. The molecule has 2 fully saturated rings. The van der Waals surface area contributed by atoms with Gasteiger partial charge in [0.25, 0.3) is 0 Å². The van der Waals surface area contributed by atoms with Crippen LogP contribution in [-0.2, 0) is 11.2 Å². The predicted octanol–water partition coefficient (Wildman–Crippen LogP) is 1.86. The minimum Gasteiger partial charge on any atom is -0.357 e. The molecule has 5 nitrogen and oxygen atoms in total. The van der Waals surface area contributed by atoms with Gasteiger partial charge in [0.1, 0.15) is 0 Å². The van der Waals surface area contributed by atoms with Crippen LogP contribution in [0.4, 0.5) is 0 Å². The summed E-state index contributed by atoms with van der Waals surface area (Å²) in [5.74, 6) is 1.20. The third kappa shape index (κ3) is 4.05. The molecule has 1 atom stereocenters. The van der Waals surface area contributed by atoms with Crippen molar-refractivity contribution in [1.82, 2.24) is 15.5 Å². The van der Waals surface area contributed by atoms with E-state index in [4.69, 9.17) is 4.99 Å². The molecule has 0 saturated carbocycles. The minimum absolute atomic E-state index is 0.110. The van der Waals surface area contributed by atoms with Gasteiger partial charge in [0.15, 0.2) is 5.96 Å². The third-order valence-electron chi connectivity index (χ3n) is 4.69. The number of piperidine rings is 1. The summed E-state index contributed by atoms with van der Waals surface area (Å²) < 4.78 is 0. The smallest absolute Gasteiger partial charge is 0.220 e. The van der Waals surface area contributed by atoms with Crippen LogP contribution in [0.5, 0.6) is 0 Å². The molecule has 126 valence electrons. The summed E-state index contributed by atoms with van der Waals surface area (Å²) in [6.45, 7) is 6.56. The van der Waals surface area contributed by atoms with Crippen LogP contribution in [0.3, 0.4) is 0 Å². The van der Waals surface area contributed by atoms with E-state index in [1.807, 2.05) is 0 Å². The van der Waals surface area contributed by atoms with Crippen LogP contribution in [0.25, 0.3) is 0 Å². The Kier molecular flexibility index (Phi) is 5.20. The Bertz CT molecular complexity index is 557. The van der Waals surface area contributed by atoms with Crippen molar-refractivity contribution in [2.24, 2.45) is 10.4 Å². The molecule has 6 heteroatoms. The lowest BCUT2D eigenvalue weighted by Crippen LogP contribution is -2.51. The Morgan fingerprint density at radius 2 is 2.48 bits per heavy atom. The van der Waals surface area contributed by atoms with Gasteiger partial charge in [-0.25, -0.2) is 0 Å². The number of nitrogens with one attached hydrogen (secondary N) is 2. The largest absolute Gasteiger partial charge is 0.357 e. The lowest BCUT2D eigenvalue weighted by atomic mass is 9.79. The summed E-state index contributed by atoms with van der Waals surface area (Å²) in [5, 5.41) is 8.55. The Hall–Kier alpha value is -1.56. The van der Waals surface area contributed by atoms with Gasteiger partial charge in [-0.3, -0.25) is 9.79 Å². The van der Waals surface area contributed by atoms with Gasteiger partial charge in [-0.2, -0.15) is 0 Å². The predicted molar refractivity (Wildman–Crippen MR) is 94.9 cm³/mol. The van der Waals surface area contributed by atoms with Crippen LogP contribution in [0.2, 0.25) is 0 Å². The first-order chi connectivity index (χ1) is 11.2. The molecule has 1 aromatic heterocycles. The van der Waals surface area contributed by atoms with E-state index < -0.39 is 0 Å². The molecular formula is C17H26N4OS. The highest BCUT2D eigenvalue weighted by Crippen LogP contribution is 2.35. The normalized spacial score (nSPS) is 25.0. The molecule has 23 heavy (non-hydrogen) atoms. The number of rotatable bonds is 4. The Labute approximate surface area is 142 Å².